The van der Waals surface area contributed by atoms with Crippen LogP contribution >= 0.6 is 0 Å². The standard InChI is InChI=1S/C24H29NO4/c1-16-7-5-6-8-17(16)9-10-19(26)23-21(29-4)15-20(28-3)22(24(23)27)18-11-13-25(2)14-12-18/h5-10,15,18,27H,11-14H2,1-4H3/b10-9+. The van der Waals surface area contributed by atoms with Crippen molar-refractivity contribution in [1.82, 2.24) is 4.90 Å². The molecule has 1 heterocycles. The molecule has 0 aromatic heterocycles. The van der Waals surface area contributed by atoms with Crippen LogP contribution in [-0.2, 0) is 0 Å². The van der Waals surface area contributed by atoms with Gasteiger partial charge in [0.15, 0.2) is 5.78 Å². The van der Waals surface area contributed by atoms with Crippen LogP contribution in [0.25, 0.3) is 6.08 Å². The lowest BCUT2D eigenvalue weighted by Crippen LogP contribution is -2.29. The highest BCUT2D eigenvalue weighted by atomic mass is 16.5. The largest absolute Gasteiger partial charge is 0.507 e. The molecular formula is C24H29NO4. The molecule has 0 amide bonds. The number of methoxy groups -OCH3 is 2. The fraction of sp³-hybridized carbons (Fsp3) is 0.375. The zero-order valence-electron chi connectivity index (χ0n) is 17.6. The molecule has 1 N–H and O–H groups in total. The van der Waals surface area contributed by atoms with Crippen molar-refractivity contribution in [2.24, 2.45) is 0 Å². The molecule has 0 bridgehead atoms. The van der Waals surface area contributed by atoms with Gasteiger partial charge in [0.05, 0.1) is 14.2 Å². The van der Waals surface area contributed by atoms with Gasteiger partial charge >= 0.3 is 0 Å². The Morgan fingerprint density at radius 1 is 1.14 bits per heavy atom. The van der Waals surface area contributed by atoms with Crippen molar-refractivity contribution in [1.29, 1.82) is 0 Å². The predicted octanol–water partition coefficient (Wildman–Crippen LogP) is 4.42. The Hall–Kier alpha value is -2.79. The number of phenolic OH excluding ortho intramolecular Hbond substituents is 1. The van der Waals surface area contributed by atoms with Crippen LogP contribution in [0.4, 0.5) is 0 Å². The number of hydrogen-bond donors (Lipinski definition) is 1. The number of ketones is 1. The van der Waals surface area contributed by atoms with E-state index >= 15 is 0 Å². The van der Waals surface area contributed by atoms with Crippen LogP contribution in [0.3, 0.4) is 0 Å². The van der Waals surface area contributed by atoms with Crippen LogP contribution in [0.1, 0.15) is 45.8 Å². The third-order valence-corrected chi connectivity index (χ3v) is 5.68. The van der Waals surface area contributed by atoms with Crippen LogP contribution in [0.15, 0.2) is 36.4 Å². The zero-order chi connectivity index (χ0) is 21.0. The second-order valence-electron chi connectivity index (χ2n) is 7.55. The third-order valence-electron chi connectivity index (χ3n) is 5.68. The van der Waals surface area contributed by atoms with Gasteiger partial charge in [0.25, 0.3) is 0 Å². The van der Waals surface area contributed by atoms with Gasteiger partial charge in [-0.05, 0) is 63.0 Å². The first-order chi connectivity index (χ1) is 14.0. The average molecular weight is 395 g/mol. The Kier molecular flexibility index (Phi) is 6.60. The highest BCUT2D eigenvalue weighted by Crippen LogP contribution is 2.45. The maximum atomic E-state index is 13.0. The molecule has 1 saturated heterocycles. The van der Waals surface area contributed by atoms with Gasteiger partial charge in [-0.15, -0.1) is 0 Å². The molecule has 5 nitrogen and oxygen atoms in total. The van der Waals surface area contributed by atoms with Crippen molar-refractivity contribution in [2.75, 3.05) is 34.4 Å². The molecule has 1 fully saturated rings. The molecule has 0 spiro atoms. The van der Waals surface area contributed by atoms with E-state index in [1.165, 1.54) is 13.2 Å². The molecule has 1 aliphatic rings. The van der Waals surface area contributed by atoms with Gasteiger partial charge in [0.2, 0.25) is 0 Å². The lowest BCUT2D eigenvalue weighted by atomic mass is 9.86. The number of rotatable bonds is 6. The Labute approximate surface area is 172 Å². The highest BCUT2D eigenvalue weighted by molar-refractivity contribution is 6.11. The van der Waals surface area contributed by atoms with Crippen molar-refractivity contribution in [3.8, 4) is 17.2 Å². The van der Waals surface area contributed by atoms with Crippen molar-refractivity contribution < 1.29 is 19.4 Å². The summed E-state index contributed by atoms with van der Waals surface area (Å²) in [5.74, 6) is 0.692. The Morgan fingerprint density at radius 3 is 2.41 bits per heavy atom. The van der Waals surface area contributed by atoms with Crippen LogP contribution in [0, 0.1) is 6.92 Å². The first-order valence-corrected chi connectivity index (χ1v) is 9.90. The number of piperidine rings is 1. The Bertz CT molecular complexity index is 911. The van der Waals surface area contributed by atoms with E-state index in [0.717, 1.165) is 37.1 Å². The van der Waals surface area contributed by atoms with Crippen LogP contribution in [0.5, 0.6) is 17.2 Å². The van der Waals surface area contributed by atoms with Crippen molar-refractivity contribution in [3.63, 3.8) is 0 Å². The maximum absolute atomic E-state index is 13.0. The minimum Gasteiger partial charge on any atom is -0.507 e. The number of nitrogens with zero attached hydrogens (tertiary/aromatic N) is 1. The number of aromatic hydroxyl groups is 1. The molecule has 2 aromatic carbocycles. The topological polar surface area (TPSA) is 59.0 Å². The molecule has 0 aliphatic carbocycles. The van der Waals surface area contributed by atoms with Gasteiger partial charge in [-0.25, -0.2) is 0 Å². The quantitative estimate of drug-likeness (QED) is 0.579. The number of carbonyl (C=O) groups is 1. The summed E-state index contributed by atoms with van der Waals surface area (Å²) in [5.41, 5.74) is 2.93. The second kappa shape index (κ2) is 9.14. The van der Waals surface area contributed by atoms with E-state index < -0.39 is 0 Å². The number of ether oxygens (including phenoxy) is 2. The van der Waals surface area contributed by atoms with E-state index in [1.807, 2.05) is 31.2 Å². The first kappa shape index (κ1) is 20.9. The fourth-order valence-corrected chi connectivity index (χ4v) is 3.92. The van der Waals surface area contributed by atoms with Crippen molar-refractivity contribution in [3.05, 3.63) is 58.7 Å². The lowest BCUT2D eigenvalue weighted by molar-refractivity contribution is 0.104. The van der Waals surface area contributed by atoms with E-state index in [-0.39, 0.29) is 23.0 Å². The minimum absolute atomic E-state index is 0.0322. The maximum Gasteiger partial charge on any atom is 0.193 e. The third kappa shape index (κ3) is 4.46. The van der Waals surface area contributed by atoms with E-state index in [4.69, 9.17) is 9.47 Å². The molecule has 0 atom stereocenters. The summed E-state index contributed by atoms with van der Waals surface area (Å²) in [5, 5.41) is 11.1. The van der Waals surface area contributed by atoms with Gasteiger partial charge in [0.1, 0.15) is 22.8 Å². The first-order valence-electron chi connectivity index (χ1n) is 9.90. The molecule has 154 valence electrons. The fourth-order valence-electron chi connectivity index (χ4n) is 3.92. The number of aryl methyl sites for hydroxylation is 1. The number of benzene rings is 2. The summed E-state index contributed by atoms with van der Waals surface area (Å²) in [6.07, 6.45) is 5.07. The summed E-state index contributed by atoms with van der Waals surface area (Å²) in [4.78, 5) is 15.3. The monoisotopic (exact) mass is 395 g/mol. The van der Waals surface area contributed by atoms with Gasteiger partial charge in [0, 0.05) is 11.6 Å². The SMILES string of the molecule is COc1cc(OC)c(C2CCN(C)CC2)c(O)c1C(=O)/C=C/c1ccccc1C. The molecule has 0 radical (unpaired) electrons. The molecule has 3 rings (SSSR count). The lowest BCUT2D eigenvalue weighted by Gasteiger charge is -2.31. The van der Waals surface area contributed by atoms with Crippen LogP contribution in [-0.4, -0.2) is 50.1 Å². The number of carbonyl (C=O) groups excluding carboxylic acids is 1. The number of phenols is 1. The van der Waals surface area contributed by atoms with Crippen molar-refractivity contribution >= 4 is 11.9 Å². The van der Waals surface area contributed by atoms with E-state index in [0.29, 0.717) is 17.1 Å². The molecule has 0 saturated carbocycles. The normalized spacial score (nSPS) is 15.6. The molecular weight excluding hydrogens is 366 g/mol. The Morgan fingerprint density at radius 2 is 1.79 bits per heavy atom. The van der Waals surface area contributed by atoms with Gasteiger partial charge in [-0.1, -0.05) is 30.3 Å². The molecule has 5 heteroatoms. The summed E-state index contributed by atoms with van der Waals surface area (Å²) in [6, 6.07) is 9.55. The summed E-state index contributed by atoms with van der Waals surface area (Å²) < 4.78 is 11.0. The number of hydrogen-bond acceptors (Lipinski definition) is 5. The summed E-state index contributed by atoms with van der Waals surface area (Å²) in [6.45, 7) is 3.87. The summed E-state index contributed by atoms with van der Waals surface area (Å²) in [7, 11) is 5.16. The minimum atomic E-state index is -0.292. The molecule has 1 aliphatic heterocycles. The highest BCUT2D eigenvalue weighted by Gasteiger charge is 2.29. The van der Waals surface area contributed by atoms with Crippen molar-refractivity contribution in [2.45, 2.75) is 25.7 Å². The summed E-state index contributed by atoms with van der Waals surface area (Å²) >= 11 is 0. The van der Waals surface area contributed by atoms with E-state index in [2.05, 4.69) is 11.9 Å². The molecule has 29 heavy (non-hydrogen) atoms. The smallest absolute Gasteiger partial charge is 0.193 e. The molecule has 2 aromatic rings. The zero-order valence-corrected chi connectivity index (χ0v) is 17.6. The second-order valence-corrected chi connectivity index (χ2v) is 7.55. The van der Waals surface area contributed by atoms with Gasteiger partial charge in [-0.2, -0.15) is 0 Å². The van der Waals surface area contributed by atoms with Gasteiger partial charge in [-0.3, -0.25) is 4.79 Å². The van der Waals surface area contributed by atoms with Gasteiger partial charge < -0.3 is 19.5 Å². The van der Waals surface area contributed by atoms with E-state index in [9.17, 15) is 9.90 Å². The predicted molar refractivity (Wildman–Crippen MR) is 115 cm³/mol. The Balaban J connectivity index is 2.02. The van der Waals surface area contributed by atoms with E-state index in [1.54, 1.807) is 19.3 Å². The number of likely N-dealkylation sites (tertiary alicyclic amines) is 1. The number of allylic oxidation sites excluding steroid dienone is 1. The average Bonchev–Trinajstić information content (AvgIpc) is 2.73. The van der Waals surface area contributed by atoms with Crippen LogP contribution < -0.4 is 9.47 Å². The molecule has 0 unspecified atom stereocenters. The van der Waals surface area contributed by atoms with Crippen LogP contribution in [0.2, 0.25) is 0 Å².